The van der Waals surface area contributed by atoms with Gasteiger partial charge in [-0.25, -0.2) is 0 Å². The van der Waals surface area contributed by atoms with Gasteiger partial charge in [0.2, 0.25) is 5.91 Å². The highest BCUT2D eigenvalue weighted by atomic mass is 32.1. The summed E-state index contributed by atoms with van der Waals surface area (Å²) in [6.07, 6.45) is 1.64. The highest BCUT2D eigenvalue weighted by Gasteiger charge is 2.14. The lowest BCUT2D eigenvalue weighted by Gasteiger charge is -2.16. The second-order valence-electron chi connectivity index (χ2n) is 4.22. The fraction of sp³-hybridized carbons (Fsp3) is 0.583. The van der Waals surface area contributed by atoms with Crippen LogP contribution >= 0.6 is 11.3 Å². The first-order chi connectivity index (χ1) is 7.63. The van der Waals surface area contributed by atoms with Crippen LogP contribution in [0.1, 0.15) is 25.8 Å². The number of carbonyl (C=O) groups is 1. The Balaban J connectivity index is 2.33. The van der Waals surface area contributed by atoms with E-state index in [9.17, 15) is 4.79 Å². The van der Waals surface area contributed by atoms with Crippen LogP contribution < -0.4 is 11.1 Å². The minimum Gasteiger partial charge on any atom is -0.353 e. The van der Waals surface area contributed by atoms with E-state index in [0.717, 1.165) is 12.8 Å². The molecule has 3 N–H and O–H groups in total. The van der Waals surface area contributed by atoms with Gasteiger partial charge >= 0.3 is 0 Å². The van der Waals surface area contributed by atoms with Crippen molar-refractivity contribution in [3.8, 4) is 0 Å². The van der Waals surface area contributed by atoms with E-state index in [0.29, 0.717) is 6.54 Å². The molecule has 0 aliphatic heterocycles. The van der Waals surface area contributed by atoms with Crippen LogP contribution in [0.15, 0.2) is 16.8 Å². The third-order valence-electron chi connectivity index (χ3n) is 2.56. The van der Waals surface area contributed by atoms with Crippen LogP contribution in [0.25, 0.3) is 0 Å². The molecule has 1 rings (SSSR count). The normalized spacial score (nSPS) is 14.4. The molecule has 0 radical (unpaired) electrons. The number of nitrogens with one attached hydrogen (secondary N) is 1. The van der Waals surface area contributed by atoms with Gasteiger partial charge in [-0.05, 0) is 48.7 Å². The van der Waals surface area contributed by atoms with Crippen LogP contribution in [0.5, 0.6) is 0 Å². The van der Waals surface area contributed by atoms with Crippen molar-refractivity contribution in [2.75, 3.05) is 6.54 Å². The zero-order chi connectivity index (χ0) is 12.0. The lowest BCUT2D eigenvalue weighted by molar-refractivity contribution is -0.125. The molecule has 0 saturated heterocycles. The Morgan fingerprint density at radius 1 is 1.56 bits per heavy atom. The van der Waals surface area contributed by atoms with Gasteiger partial charge in [0.25, 0.3) is 0 Å². The lowest BCUT2D eigenvalue weighted by Crippen LogP contribution is -2.38. The molecule has 0 fully saturated rings. The second-order valence-corrected chi connectivity index (χ2v) is 5.00. The van der Waals surface area contributed by atoms with Crippen LogP contribution in [0, 0.1) is 5.92 Å². The molecule has 0 spiro atoms. The molecule has 0 aliphatic carbocycles. The molecule has 1 aromatic rings. The predicted octanol–water partition coefficient (Wildman–Crippen LogP) is 1.78. The van der Waals surface area contributed by atoms with Crippen LogP contribution in [-0.4, -0.2) is 18.5 Å². The Hall–Kier alpha value is -0.870. The molecule has 3 nitrogen and oxygen atoms in total. The second kappa shape index (κ2) is 6.66. The van der Waals surface area contributed by atoms with Crippen LogP contribution in [0.4, 0.5) is 0 Å². The number of rotatable bonds is 6. The van der Waals surface area contributed by atoms with E-state index in [1.54, 1.807) is 11.3 Å². The SMILES string of the molecule is CC(Cc1ccsc1)NC(=O)C(C)CCN. The molecular formula is C12H20N2OS. The summed E-state index contributed by atoms with van der Waals surface area (Å²) in [5, 5.41) is 7.19. The third kappa shape index (κ3) is 4.33. The molecule has 0 aromatic carbocycles. The van der Waals surface area contributed by atoms with Gasteiger partial charge in [-0.15, -0.1) is 0 Å². The van der Waals surface area contributed by atoms with Crippen molar-refractivity contribution in [3.63, 3.8) is 0 Å². The smallest absolute Gasteiger partial charge is 0.223 e. The maximum atomic E-state index is 11.7. The first-order valence-corrected chi connectivity index (χ1v) is 6.59. The van der Waals surface area contributed by atoms with Gasteiger partial charge in [-0.1, -0.05) is 6.92 Å². The van der Waals surface area contributed by atoms with Crippen molar-refractivity contribution in [2.45, 2.75) is 32.7 Å². The summed E-state index contributed by atoms with van der Waals surface area (Å²) >= 11 is 1.69. The van der Waals surface area contributed by atoms with Gasteiger partial charge in [0.1, 0.15) is 0 Å². The topological polar surface area (TPSA) is 55.1 Å². The van der Waals surface area contributed by atoms with Crippen molar-refractivity contribution in [2.24, 2.45) is 11.7 Å². The summed E-state index contributed by atoms with van der Waals surface area (Å²) < 4.78 is 0. The Kier molecular flexibility index (Phi) is 5.49. The van der Waals surface area contributed by atoms with E-state index in [1.165, 1.54) is 5.56 Å². The molecule has 1 aromatic heterocycles. The quantitative estimate of drug-likeness (QED) is 0.796. The van der Waals surface area contributed by atoms with Gasteiger partial charge in [0, 0.05) is 12.0 Å². The van der Waals surface area contributed by atoms with E-state index < -0.39 is 0 Å². The molecule has 1 heterocycles. The fourth-order valence-electron chi connectivity index (χ4n) is 1.58. The molecule has 0 bridgehead atoms. The summed E-state index contributed by atoms with van der Waals surface area (Å²) in [4.78, 5) is 11.7. The molecule has 4 heteroatoms. The number of hydrogen-bond donors (Lipinski definition) is 2. The van der Waals surface area contributed by atoms with Crippen LogP contribution in [0.2, 0.25) is 0 Å². The Bertz CT molecular complexity index is 311. The monoisotopic (exact) mass is 240 g/mol. The van der Waals surface area contributed by atoms with Gasteiger partial charge in [0.05, 0.1) is 0 Å². The number of hydrogen-bond acceptors (Lipinski definition) is 3. The summed E-state index contributed by atoms with van der Waals surface area (Å²) in [7, 11) is 0. The number of carbonyl (C=O) groups excluding carboxylic acids is 1. The Morgan fingerprint density at radius 3 is 2.88 bits per heavy atom. The first kappa shape index (κ1) is 13.2. The Labute approximate surface area is 101 Å². The van der Waals surface area contributed by atoms with E-state index in [1.807, 2.05) is 13.8 Å². The molecule has 0 aliphatic rings. The van der Waals surface area contributed by atoms with Crippen molar-refractivity contribution < 1.29 is 4.79 Å². The molecule has 2 atom stereocenters. The third-order valence-corrected chi connectivity index (χ3v) is 3.29. The Morgan fingerprint density at radius 2 is 2.31 bits per heavy atom. The maximum Gasteiger partial charge on any atom is 0.223 e. The summed E-state index contributed by atoms with van der Waals surface area (Å²) in [6, 6.07) is 2.28. The minimum absolute atomic E-state index is 0.00919. The molecule has 0 saturated carbocycles. The number of thiophene rings is 1. The van der Waals surface area contributed by atoms with Gasteiger partial charge in [-0.2, -0.15) is 11.3 Å². The molecule has 2 unspecified atom stereocenters. The zero-order valence-corrected chi connectivity index (χ0v) is 10.7. The van der Waals surface area contributed by atoms with Gasteiger partial charge in [0.15, 0.2) is 0 Å². The van der Waals surface area contributed by atoms with Crippen molar-refractivity contribution in [3.05, 3.63) is 22.4 Å². The highest BCUT2D eigenvalue weighted by molar-refractivity contribution is 7.07. The van der Waals surface area contributed by atoms with Crippen molar-refractivity contribution >= 4 is 17.2 Å². The molecule has 1 amide bonds. The van der Waals surface area contributed by atoms with Crippen LogP contribution in [0.3, 0.4) is 0 Å². The van der Waals surface area contributed by atoms with E-state index in [-0.39, 0.29) is 17.9 Å². The number of nitrogens with two attached hydrogens (primary N) is 1. The minimum atomic E-state index is 0.00919. The van der Waals surface area contributed by atoms with Gasteiger partial charge < -0.3 is 11.1 Å². The van der Waals surface area contributed by atoms with Crippen LogP contribution in [-0.2, 0) is 11.2 Å². The first-order valence-electron chi connectivity index (χ1n) is 5.65. The molecule has 16 heavy (non-hydrogen) atoms. The summed E-state index contributed by atoms with van der Waals surface area (Å²) in [6.45, 7) is 4.51. The van der Waals surface area contributed by atoms with Crippen molar-refractivity contribution in [1.82, 2.24) is 5.32 Å². The standard InChI is InChI=1S/C12H20N2OS/c1-9(3-5-13)12(15)14-10(2)7-11-4-6-16-8-11/h4,6,8-10H,3,5,7,13H2,1-2H3,(H,14,15). The fourth-order valence-corrected chi connectivity index (χ4v) is 2.26. The largest absolute Gasteiger partial charge is 0.353 e. The van der Waals surface area contributed by atoms with Gasteiger partial charge in [-0.3, -0.25) is 4.79 Å². The predicted molar refractivity (Wildman–Crippen MR) is 68.5 cm³/mol. The zero-order valence-electron chi connectivity index (χ0n) is 9.90. The van der Waals surface area contributed by atoms with E-state index >= 15 is 0 Å². The van der Waals surface area contributed by atoms with Crippen molar-refractivity contribution in [1.29, 1.82) is 0 Å². The average molecular weight is 240 g/mol. The summed E-state index contributed by atoms with van der Waals surface area (Å²) in [5.74, 6) is 0.114. The average Bonchev–Trinajstić information content (AvgIpc) is 2.70. The maximum absolute atomic E-state index is 11.7. The van der Waals surface area contributed by atoms with E-state index in [2.05, 4.69) is 22.1 Å². The molecule has 90 valence electrons. The highest BCUT2D eigenvalue weighted by Crippen LogP contribution is 2.09. The summed E-state index contributed by atoms with van der Waals surface area (Å²) in [5.41, 5.74) is 6.71. The number of amides is 1. The lowest BCUT2D eigenvalue weighted by atomic mass is 10.1. The van der Waals surface area contributed by atoms with E-state index in [4.69, 9.17) is 5.73 Å². The molecular weight excluding hydrogens is 220 g/mol.